The lowest BCUT2D eigenvalue weighted by molar-refractivity contribution is 0.0698. The Kier molecular flexibility index (Phi) is 7.73. The van der Waals surface area contributed by atoms with E-state index in [0.717, 1.165) is 38.9 Å². The van der Waals surface area contributed by atoms with Crippen LogP contribution >= 0.6 is 0 Å². The molecule has 0 amide bonds. The van der Waals surface area contributed by atoms with Crippen LogP contribution in [0.3, 0.4) is 0 Å². The molecule has 50 heavy (non-hydrogen) atoms. The smallest absolute Gasteiger partial charge is 0.460 e. The molecule has 0 bridgehead atoms. The van der Waals surface area contributed by atoms with Crippen molar-refractivity contribution in [1.29, 1.82) is 0 Å². The summed E-state index contributed by atoms with van der Waals surface area (Å²) in [6, 6.07) is 51.0. The molecule has 0 unspecified atom stereocenters. The molecule has 0 aliphatic rings. The van der Waals surface area contributed by atoms with E-state index >= 15 is 0 Å². The van der Waals surface area contributed by atoms with Gasteiger partial charge in [0, 0.05) is 12.1 Å². The number of carboxylic acid groups (broad SMARTS) is 1. The SMILES string of the molecule is O=C(O)c1cccc2ncn(Cc3ccc(-c4ccccc4-c4nc(=O)on4C(c4ccccc4)(c4ccccc4)c4ccccc4)cc3)c12. The first kappa shape index (κ1) is 30.5. The minimum absolute atomic E-state index is 0.210. The zero-order valence-electron chi connectivity index (χ0n) is 26.8. The number of benzene rings is 6. The average Bonchev–Trinajstić information content (AvgIpc) is 3.77. The van der Waals surface area contributed by atoms with E-state index in [1.807, 2.05) is 150 Å². The minimum Gasteiger partial charge on any atom is -0.478 e. The molecule has 8 aromatic rings. The number of carboxylic acids is 1. The van der Waals surface area contributed by atoms with Gasteiger partial charge in [0.25, 0.3) is 0 Å². The molecule has 0 fully saturated rings. The summed E-state index contributed by atoms with van der Waals surface area (Å²) in [4.78, 5) is 34.1. The molecule has 8 rings (SSSR count). The quantitative estimate of drug-likeness (QED) is 0.158. The largest absolute Gasteiger partial charge is 0.478 e. The summed E-state index contributed by atoms with van der Waals surface area (Å²) < 4.78 is 9.64. The fourth-order valence-corrected chi connectivity index (χ4v) is 6.90. The summed E-state index contributed by atoms with van der Waals surface area (Å²) in [5, 5.41) is 9.77. The highest BCUT2D eigenvalue weighted by Gasteiger charge is 2.43. The van der Waals surface area contributed by atoms with Crippen LogP contribution in [0.1, 0.15) is 32.6 Å². The molecule has 0 radical (unpaired) electrons. The maximum Gasteiger partial charge on any atom is 0.460 e. The molecule has 2 aromatic heterocycles. The van der Waals surface area contributed by atoms with Gasteiger partial charge in [-0.25, -0.2) is 14.6 Å². The molecule has 0 aliphatic heterocycles. The molecule has 0 saturated carbocycles. The third-order valence-corrected chi connectivity index (χ3v) is 9.09. The van der Waals surface area contributed by atoms with Crippen molar-refractivity contribution in [3.63, 3.8) is 0 Å². The summed E-state index contributed by atoms with van der Waals surface area (Å²) in [7, 11) is 0. The Morgan fingerprint density at radius 3 is 1.80 bits per heavy atom. The van der Waals surface area contributed by atoms with Gasteiger partial charge >= 0.3 is 11.7 Å². The second kappa shape index (κ2) is 12.7. The topological polar surface area (TPSA) is 103 Å². The molecular weight excluding hydrogens is 624 g/mol. The standard InChI is InChI=1S/C42H30N4O4/c47-40(48)36-21-12-22-37-38(36)45(28-43-37)27-29-23-25-30(26-24-29)34-19-10-11-20-35(34)39-44-41(49)50-46(39)42(31-13-4-1-5-14-31,32-15-6-2-7-16-32)33-17-8-3-9-18-33/h1-26,28H,27H2,(H,47,48). The van der Waals surface area contributed by atoms with Gasteiger partial charge in [-0.2, -0.15) is 9.72 Å². The van der Waals surface area contributed by atoms with Gasteiger partial charge in [0.2, 0.25) is 0 Å². The van der Waals surface area contributed by atoms with E-state index in [-0.39, 0.29) is 5.56 Å². The van der Waals surface area contributed by atoms with Crippen molar-refractivity contribution in [1.82, 2.24) is 19.3 Å². The maximum atomic E-state index is 13.3. The number of para-hydroxylation sites is 1. The fourth-order valence-electron chi connectivity index (χ4n) is 6.90. The van der Waals surface area contributed by atoms with Gasteiger partial charge < -0.3 is 14.2 Å². The highest BCUT2D eigenvalue weighted by Crippen LogP contribution is 2.44. The van der Waals surface area contributed by atoms with E-state index in [4.69, 9.17) is 4.52 Å². The number of hydrogen-bond acceptors (Lipinski definition) is 5. The van der Waals surface area contributed by atoms with Crippen LogP contribution in [-0.2, 0) is 12.1 Å². The van der Waals surface area contributed by atoms with Crippen LogP contribution in [0.15, 0.2) is 173 Å². The average molecular weight is 655 g/mol. The van der Waals surface area contributed by atoms with Crippen molar-refractivity contribution in [3.8, 4) is 22.5 Å². The highest BCUT2D eigenvalue weighted by molar-refractivity contribution is 6.01. The lowest BCUT2D eigenvalue weighted by Gasteiger charge is -2.36. The van der Waals surface area contributed by atoms with E-state index in [1.54, 1.807) is 23.2 Å². The second-order valence-corrected chi connectivity index (χ2v) is 12.0. The number of aromatic nitrogens is 4. The zero-order chi connectivity index (χ0) is 34.1. The first-order chi connectivity index (χ1) is 24.5. The first-order valence-electron chi connectivity index (χ1n) is 16.2. The Labute approximate surface area is 287 Å². The molecular formula is C42H30N4O4. The number of imidazole rings is 1. The van der Waals surface area contributed by atoms with Crippen LogP contribution in [0, 0.1) is 0 Å². The Bertz CT molecular complexity index is 2400. The van der Waals surface area contributed by atoms with Crippen LogP contribution in [0.5, 0.6) is 0 Å². The lowest BCUT2D eigenvalue weighted by Crippen LogP contribution is -2.38. The Morgan fingerprint density at radius 1 is 0.660 bits per heavy atom. The molecule has 0 spiro atoms. The fraction of sp³-hybridized carbons (Fsp3) is 0.0476. The molecule has 0 saturated heterocycles. The normalized spacial score (nSPS) is 11.5. The van der Waals surface area contributed by atoms with E-state index in [9.17, 15) is 14.7 Å². The van der Waals surface area contributed by atoms with E-state index < -0.39 is 17.3 Å². The van der Waals surface area contributed by atoms with Gasteiger partial charge in [0.05, 0.1) is 22.9 Å². The molecule has 2 heterocycles. The number of nitrogens with zero attached hydrogens (tertiary/aromatic N) is 4. The lowest BCUT2D eigenvalue weighted by atomic mass is 9.77. The Morgan fingerprint density at radius 2 is 1.22 bits per heavy atom. The third kappa shape index (κ3) is 5.20. The number of carbonyl (C=O) groups is 1. The Balaban J connectivity index is 1.26. The van der Waals surface area contributed by atoms with Crippen LogP contribution in [0.25, 0.3) is 33.5 Å². The number of aromatic carboxylic acids is 1. The molecule has 0 atom stereocenters. The first-order valence-corrected chi connectivity index (χ1v) is 16.2. The van der Waals surface area contributed by atoms with E-state index in [0.29, 0.717) is 23.4 Å². The van der Waals surface area contributed by atoms with Gasteiger partial charge in [-0.1, -0.05) is 146 Å². The van der Waals surface area contributed by atoms with Crippen molar-refractivity contribution in [2.24, 2.45) is 0 Å². The minimum atomic E-state index is -1.08. The van der Waals surface area contributed by atoms with Crippen LogP contribution in [0.2, 0.25) is 0 Å². The number of fused-ring (bicyclic) bond motifs is 1. The summed E-state index contributed by atoms with van der Waals surface area (Å²) >= 11 is 0. The van der Waals surface area contributed by atoms with E-state index in [2.05, 4.69) is 9.97 Å². The summed E-state index contributed by atoms with van der Waals surface area (Å²) in [6.07, 6.45) is 1.67. The molecule has 0 aliphatic carbocycles. The van der Waals surface area contributed by atoms with Crippen molar-refractivity contribution >= 4 is 17.0 Å². The predicted octanol–water partition coefficient (Wildman–Crippen LogP) is 8.11. The van der Waals surface area contributed by atoms with Crippen molar-refractivity contribution in [2.45, 2.75) is 12.1 Å². The van der Waals surface area contributed by atoms with Crippen molar-refractivity contribution in [2.75, 3.05) is 0 Å². The van der Waals surface area contributed by atoms with E-state index in [1.165, 1.54) is 0 Å². The van der Waals surface area contributed by atoms with Gasteiger partial charge in [0.15, 0.2) is 11.4 Å². The van der Waals surface area contributed by atoms with Gasteiger partial charge in [0.1, 0.15) is 0 Å². The molecule has 6 aromatic carbocycles. The summed E-state index contributed by atoms with van der Waals surface area (Å²) in [6.45, 7) is 0.444. The molecule has 8 nitrogen and oxygen atoms in total. The monoisotopic (exact) mass is 654 g/mol. The molecule has 8 heteroatoms. The highest BCUT2D eigenvalue weighted by atomic mass is 16.5. The van der Waals surface area contributed by atoms with Crippen LogP contribution < -0.4 is 5.76 Å². The third-order valence-electron chi connectivity index (χ3n) is 9.09. The molecule has 242 valence electrons. The number of rotatable bonds is 9. The summed E-state index contributed by atoms with van der Waals surface area (Å²) in [5.41, 5.74) is 6.53. The van der Waals surface area contributed by atoms with Crippen LogP contribution in [0.4, 0.5) is 0 Å². The van der Waals surface area contributed by atoms with Gasteiger partial charge in [-0.15, -0.1) is 0 Å². The maximum absolute atomic E-state index is 13.3. The van der Waals surface area contributed by atoms with Crippen LogP contribution in [-0.4, -0.2) is 30.4 Å². The predicted molar refractivity (Wildman–Crippen MR) is 192 cm³/mol. The van der Waals surface area contributed by atoms with Gasteiger partial charge in [-0.3, -0.25) is 0 Å². The van der Waals surface area contributed by atoms with Gasteiger partial charge in [-0.05, 0) is 45.5 Å². The number of hydrogen-bond donors (Lipinski definition) is 1. The zero-order valence-corrected chi connectivity index (χ0v) is 26.8. The van der Waals surface area contributed by atoms with Crippen molar-refractivity contribution in [3.05, 3.63) is 202 Å². The van der Waals surface area contributed by atoms with Crippen molar-refractivity contribution < 1.29 is 14.4 Å². The Hall–Kier alpha value is -6.80. The second-order valence-electron chi connectivity index (χ2n) is 12.0. The summed E-state index contributed by atoms with van der Waals surface area (Å²) in [5.74, 6) is -1.31. The molecule has 1 N–H and O–H groups in total.